The predicted octanol–water partition coefficient (Wildman–Crippen LogP) is 1.35. The molecule has 0 fully saturated rings. The minimum Gasteiger partial charge on any atom is -0.495 e. The van der Waals surface area contributed by atoms with Gasteiger partial charge in [0, 0.05) is 23.9 Å². The highest BCUT2D eigenvalue weighted by atomic mass is 32.2. The quantitative estimate of drug-likeness (QED) is 0.807. The van der Waals surface area contributed by atoms with Crippen molar-refractivity contribution in [2.45, 2.75) is 11.4 Å². The van der Waals surface area contributed by atoms with Gasteiger partial charge in [-0.25, -0.2) is 13.1 Å². The molecular weight excluding hydrogens is 268 g/mol. The van der Waals surface area contributed by atoms with Crippen LogP contribution in [0.1, 0.15) is 5.56 Å². The molecular formula is C12H14N2O4S. The topological polar surface area (TPSA) is 94.6 Å². The maximum atomic E-state index is 12.2. The third-order valence-corrected chi connectivity index (χ3v) is 3.96. The maximum absolute atomic E-state index is 12.2. The summed E-state index contributed by atoms with van der Waals surface area (Å²) in [4.78, 5) is 0.0488. The molecule has 0 bridgehead atoms. The lowest BCUT2D eigenvalue weighted by Crippen LogP contribution is -2.23. The molecule has 7 heteroatoms. The summed E-state index contributed by atoms with van der Waals surface area (Å²) in [6.45, 7) is 0.145. The Morgan fingerprint density at radius 1 is 1.37 bits per heavy atom. The average molecular weight is 282 g/mol. The Morgan fingerprint density at radius 3 is 2.79 bits per heavy atom. The lowest BCUT2D eigenvalue weighted by atomic mass is 10.3. The van der Waals surface area contributed by atoms with Gasteiger partial charge in [-0.15, -0.1) is 0 Å². The molecule has 2 rings (SSSR count). The molecule has 0 spiro atoms. The van der Waals surface area contributed by atoms with E-state index in [1.165, 1.54) is 37.8 Å². The second-order valence-corrected chi connectivity index (χ2v) is 5.60. The van der Waals surface area contributed by atoms with Crippen molar-refractivity contribution in [1.82, 2.24) is 4.72 Å². The van der Waals surface area contributed by atoms with E-state index >= 15 is 0 Å². The van der Waals surface area contributed by atoms with E-state index in [2.05, 4.69) is 4.72 Å². The molecule has 1 aromatic carbocycles. The summed E-state index contributed by atoms with van der Waals surface area (Å²) in [6, 6.07) is 6.07. The highest BCUT2D eigenvalue weighted by Crippen LogP contribution is 2.25. The third-order valence-electron chi connectivity index (χ3n) is 2.52. The van der Waals surface area contributed by atoms with Crippen LogP contribution in [0.2, 0.25) is 0 Å². The molecule has 0 amide bonds. The van der Waals surface area contributed by atoms with E-state index in [1.54, 1.807) is 6.07 Å². The summed E-state index contributed by atoms with van der Waals surface area (Å²) in [7, 11) is -2.28. The van der Waals surface area contributed by atoms with Gasteiger partial charge in [-0.2, -0.15) is 0 Å². The molecule has 102 valence electrons. The van der Waals surface area contributed by atoms with Crippen LogP contribution in [-0.2, 0) is 16.6 Å². The lowest BCUT2D eigenvalue weighted by Gasteiger charge is -2.10. The Balaban J connectivity index is 2.24. The minimum atomic E-state index is -3.67. The Bertz CT molecular complexity index is 650. The van der Waals surface area contributed by atoms with Crippen LogP contribution in [0.5, 0.6) is 5.75 Å². The molecule has 0 unspecified atom stereocenters. The van der Waals surface area contributed by atoms with Crippen molar-refractivity contribution in [1.29, 1.82) is 0 Å². The van der Waals surface area contributed by atoms with Crippen LogP contribution in [0.4, 0.5) is 5.69 Å². The van der Waals surface area contributed by atoms with Crippen LogP contribution in [0.25, 0.3) is 0 Å². The summed E-state index contributed by atoms with van der Waals surface area (Å²) < 4.78 is 36.7. The van der Waals surface area contributed by atoms with E-state index < -0.39 is 10.0 Å². The molecule has 6 nitrogen and oxygen atoms in total. The number of nitrogens with two attached hydrogens (primary N) is 1. The fourth-order valence-corrected chi connectivity index (χ4v) is 2.72. The van der Waals surface area contributed by atoms with Gasteiger partial charge in [-0.3, -0.25) is 0 Å². The first kappa shape index (κ1) is 13.4. The predicted molar refractivity (Wildman–Crippen MR) is 70.1 cm³/mol. The molecule has 0 radical (unpaired) electrons. The van der Waals surface area contributed by atoms with Crippen LogP contribution in [0.3, 0.4) is 0 Å². The number of sulfonamides is 1. The van der Waals surface area contributed by atoms with Crippen molar-refractivity contribution in [3.05, 3.63) is 42.4 Å². The van der Waals surface area contributed by atoms with Crippen LogP contribution < -0.4 is 15.2 Å². The first-order valence-electron chi connectivity index (χ1n) is 5.47. The Labute approximate surface area is 111 Å². The third kappa shape index (κ3) is 3.07. The van der Waals surface area contributed by atoms with Gasteiger partial charge in [0.2, 0.25) is 10.0 Å². The summed E-state index contributed by atoms with van der Waals surface area (Å²) in [5.74, 6) is 0.208. The standard InChI is InChI=1S/C12H14N2O4S/c1-17-11-6-10(13)2-3-12(11)19(15,16)14-7-9-4-5-18-8-9/h2-6,8,14H,7,13H2,1H3. The highest BCUT2D eigenvalue weighted by Gasteiger charge is 2.19. The number of nitrogens with one attached hydrogen (secondary N) is 1. The van der Waals surface area contributed by atoms with Gasteiger partial charge in [-0.1, -0.05) is 0 Å². The van der Waals surface area contributed by atoms with Gasteiger partial charge < -0.3 is 14.9 Å². The number of hydrogen-bond donors (Lipinski definition) is 2. The smallest absolute Gasteiger partial charge is 0.244 e. The number of anilines is 1. The summed E-state index contributed by atoms with van der Waals surface area (Å²) in [5.41, 5.74) is 6.76. The van der Waals surface area contributed by atoms with Gasteiger partial charge in [-0.05, 0) is 18.2 Å². The summed E-state index contributed by atoms with van der Waals surface area (Å²) >= 11 is 0. The Kier molecular flexibility index (Phi) is 3.77. The summed E-state index contributed by atoms with van der Waals surface area (Å²) in [6.07, 6.45) is 2.95. The van der Waals surface area contributed by atoms with Crippen LogP contribution in [0.15, 0.2) is 46.1 Å². The zero-order valence-corrected chi connectivity index (χ0v) is 11.1. The molecule has 3 N–H and O–H groups in total. The molecule has 0 aliphatic heterocycles. The van der Waals surface area contributed by atoms with E-state index in [-0.39, 0.29) is 17.2 Å². The monoisotopic (exact) mass is 282 g/mol. The number of hydrogen-bond acceptors (Lipinski definition) is 5. The minimum absolute atomic E-state index is 0.0488. The molecule has 1 aromatic heterocycles. The van der Waals surface area contributed by atoms with E-state index in [4.69, 9.17) is 14.9 Å². The van der Waals surface area contributed by atoms with E-state index in [1.807, 2.05) is 0 Å². The van der Waals surface area contributed by atoms with Crippen LogP contribution >= 0.6 is 0 Å². The number of benzene rings is 1. The van der Waals surface area contributed by atoms with Gasteiger partial charge >= 0.3 is 0 Å². The number of ether oxygens (including phenoxy) is 1. The van der Waals surface area contributed by atoms with Crippen molar-refractivity contribution in [3.63, 3.8) is 0 Å². The van der Waals surface area contributed by atoms with Crippen molar-refractivity contribution in [2.24, 2.45) is 0 Å². The molecule has 0 atom stereocenters. The van der Waals surface area contributed by atoms with E-state index in [0.29, 0.717) is 5.69 Å². The number of furan rings is 1. The molecule has 0 aliphatic carbocycles. The first-order chi connectivity index (χ1) is 9.03. The Morgan fingerprint density at radius 2 is 2.16 bits per heavy atom. The fraction of sp³-hybridized carbons (Fsp3) is 0.167. The molecule has 19 heavy (non-hydrogen) atoms. The number of rotatable bonds is 5. The normalized spacial score (nSPS) is 11.4. The number of nitrogen functional groups attached to an aromatic ring is 1. The van der Waals surface area contributed by atoms with Gasteiger partial charge in [0.15, 0.2) is 0 Å². The average Bonchev–Trinajstić information content (AvgIpc) is 2.89. The highest BCUT2D eigenvalue weighted by molar-refractivity contribution is 7.89. The zero-order chi connectivity index (χ0) is 13.9. The molecule has 1 heterocycles. The molecule has 0 saturated heterocycles. The van der Waals surface area contributed by atoms with Crippen molar-refractivity contribution < 1.29 is 17.6 Å². The number of methoxy groups -OCH3 is 1. The molecule has 0 saturated carbocycles. The van der Waals surface area contributed by atoms with Gasteiger partial charge in [0.05, 0.1) is 19.6 Å². The second kappa shape index (κ2) is 5.33. The largest absolute Gasteiger partial charge is 0.495 e. The van der Waals surface area contributed by atoms with Crippen LogP contribution in [-0.4, -0.2) is 15.5 Å². The van der Waals surface area contributed by atoms with Crippen LogP contribution in [0, 0.1) is 0 Å². The zero-order valence-electron chi connectivity index (χ0n) is 10.3. The lowest BCUT2D eigenvalue weighted by molar-refractivity contribution is 0.402. The molecule has 0 aliphatic rings. The van der Waals surface area contributed by atoms with E-state index in [9.17, 15) is 8.42 Å². The van der Waals surface area contributed by atoms with E-state index in [0.717, 1.165) is 5.56 Å². The van der Waals surface area contributed by atoms with Gasteiger partial charge in [0.1, 0.15) is 10.6 Å². The molecule has 2 aromatic rings. The van der Waals surface area contributed by atoms with Gasteiger partial charge in [0.25, 0.3) is 0 Å². The summed E-state index contributed by atoms with van der Waals surface area (Å²) in [5, 5.41) is 0. The Hall–Kier alpha value is -1.99. The van der Waals surface area contributed by atoms with Crippen molar-refractivity contribution >= 4 is 15.7 Å². The fourth-order valence-electron chi connectivity index (χ4n) is 1.56. The maximum Gasteiger partial charge on any atom is 0.244 e. The SMILES string of the molecule is COc1cc(N)ccc1S(=O)(=O)NCc1ccoc1. The van der Waals surface area contributed by atoms with Crippen molar-refractivity contribution in [3.8, 4) is 5.75 Å². The second-order valence-electron chi connectivity index (χ2n) is 3.87. The van der Waals surface area contributed by atoms with Crippen molar-refractivity contribution in [2.75, 3.05) is 12.8 Å². The first-order valence-corrected chi connectivity index (χ1v) is 6.95.